The lowest BCUT2D eigenvalue weighted by Gasteiger charge is -2.22. The highest BCUT2D eigenvalue weighted by atomic mass is 19.3. The average molecular weight is 288 g/mol. The summed E-state index contributed by atoms with van der Waals surface area (Å²) in [5.74, 6) is -1.86. The molecule has 110 valence electrons. The normalized spacial score (nSPS) is 18.9. The summed E-state index contributed by atoms with van der Waals surface area (Å²) in [5.41, 5.74) is 0.222. The summed E-state index contributed by atoms with van der Waals surface area (Å²) in [7, 11) is 0. The number of ether oxygens (including phenoxy) is 1. The SMILES string of the molecule is O=C(Nc1ccc(OC(F)F)c(F)c1)C1CCCNC1. The average Bonchev–Trinajstić information content (AvgIpc) is 2.42. The van der Waals surface area contributed by atoms with Crippen LogP contribution in [0.1, 0.15) is 12.8 Å². The van der Waals surface area contributed by atoms with E-state index in [1.165, 1.54) is 6.07 Å². The predicted molar refractivity (Wildman–Crippen MR) is 67.3 cm³/mol. The van der Waals surface area contributed by atoms with Crippen LogP contribution in [0, 0.1) is 11.7 Å². The van der Waals surface area contributed by atoms with Gasteiger partial charge in [0.15, 0.2) is 11.6 Å². The molecule has 4 nitrogen and oxygen atoms in total. The maximum atomic E-state index is 13.5. The standard InChI is InChI=1S/C13H15F3N2O2/c14-10-6-9(3-4-11(10)20-13(15)16)18-12(19)8-2-1-5-17-7-8/h3-4,6,8,13,17H,1-2,5,7H2,(H,18,19). The topological polar surface area (TPSA) is 50.4 Å². The van der Waals surface area contributed by atoms with E-state index in [4.69, 9.17) is 0 Å². The number of benzene rings is 1. The highest BCUT2D eigenvalue weighted by Crippen LogP contribution is 2.23. The smallest absolute Gasteiger partial charge is 0.387 e. The molecule has 0 radical (unpaired) electrons. The van der Waals surface area contributed by atoms with Gasteiger partial charge >= 0.3 is 6.61 Å². The molecule has 0 saturated carbocycles. The van der Waals surface area contributed by atoms with Crippen molar-refractivity contribution in [2.45, 2.75) is 19.5 Å². The number of nitrogens with one attached hydrogen (secondary N) is 2. The van der Waals surface area contributed by atoms with Crippen molar-refractivity contribution in [3.05, 3.63) is 24.0 Å². The number of carbonyl (C=O) groups excluding carboxylic acids is 1. The minimum Gasteiger partial charge on any atom is -0.432 e. The van der Waals surface area contributed by atoms with E-state index in [-0.39, 0.29) is 17.5 Å². The summed E-state index contributed by atoms with van der Waals surface area (Å²) in [5, 5.41) is 5.68. The van der Waals surface area contributed by atoms with Gasteiger partial charge in [0.2, 0.25) is 5.91 Å². The fourth-order valence-electron chi connectivity index (χ4n) is 2.09. The molecule has 7 heteroatoms. The van der Waals surface area contributed by atoms with Crippen LogP contribution in [0.25, 0.3) is 0 Å². The lowest BCUT2D eigenvalue weighted by Crippen LogP contribution is -2.37. The molecule has 1 aliphatic rings. The minimum atomic E-state index is -3.08. The highest BCUT2D eigenvalue weighted by molar-refractivity contribution is 5.92. The van der Waals surface area contributed by atoms with Crippen LogP contribution in [0.5, 0.6) is 5.75 Å². The second-order valence-corrected chi connectivity index (χ2v) is 4.56. The quantitative estimate of drug-likeness (QED) is 0.894. The summed E-state index contributed by atoms with van der Waals surface area (Å²) >= 11 is 0. The number of halogens is 3. The lowest BCUT2D eigenvalue weighted by molar-refractivity contribution is -0.120. The number of piperidine rings is 1. The van der Waals surface area contributed by atoms with Crippen molar-refractivity contribution in [3.8, 4) is 5.75 Å². The first-order valence-electron chi connectivity index (χ1n) is 6.32. The molecule has 0 bridgehead atoms. The molecule has 1 unspecified atom stereocenters. The van der Waals surface area contributed by atoms with Crippen molar-refractivity contribution < 1.29 is 22.7 Å². The number of carbonyl (C=O) groups is 1. The molecule has 2 rings (SSSR count). The molecule has 20 heavy (non-hydrogen) atoms. The van der Waals surface area contributed by atoms with E-state index in [2.05, 4.69) is 15.4 Å². The fraction of sp³-hybridized carbons (Fsp3) is 0.462. The number of hydrogen-bond acceptors (Lipinski definition) is 3. The van der Waals surface area contributed by atoms with Crippen LogP contribution in [-0.2, 0) is 4.79 Å². The summed E-state index contributed by atoms with van der Waals surface area (Å²) in [6.07, 6.45) is 1.68. The van der Waals surface area contributed by atoms with E-state index in [9.17, 15) is 18.0 Å². The zero-order valence-electron chi connectivity index (χ0n) is 10.7. The van der Waals surface area contributed by atoms with E-state index in [1.54, 1.807) is 0 Å². The molecular formula is C13H15F3N2O2. The molecule has 1 atom stereocenters. The van der Waals surface area contributed by atoms with Crippen molar-refractivity contribution in [1.29, 1.82) is 0 Å². The Hall–Kier alpha value is -1.76. The van der Waals surface area contributed by atoms with Crippen LogP contribution in [0.2, 0.25) is 0 Å². The fourth-order valence-corrected chi connectivity index (χ4v) is 2.09. The van der Waals surface area contributed by atoms with Gasteiger partial charge < -0.3 is 15.4 Å². The maximum absolute atomic E-state index is 13.5. The summed E-state index contributed by atoms with van der Waals surface area (Å²) in [6, 6.07) is 3.36. The van der Waals surface area contributed by atoms with Gasteiger partial charge in [0.25, 0.3) is 0 Å². The van der Waals surface area contributed by atoms with Crippen LogP contribution < -0.4 is 15.4 Å². The molecule has 0 aromatic heterocycles. The van der Waals surface area contributed by atoms with Crippen LogP contribution in [0.4, 0.5) is 18.9 Å². The molecule has 1 aromatic rings. The Labute approximate surface area is 114 Å². The van der Waals surface area contributed by atoms with Gasteiger partial charge in [-0.05, 0) is 31.5 Å². The van der Waals surface area contributed by atoms with Crippen molar-refractivity contribution >= 4 is 11.6 Å². The molecule has 1 amide bonds. The highest BCUT2D eigenvalue weighted by Gasteiger charge is 2.21. The molecule has 1 aromatic carbocycles. The first-order valence-corrected chi connectivity index (χ1v) is 6.32. The van der Waals surface area contributed by atoms with Gasteiger partial charge in [0.1, 0.15) is 0 Å². The Morgan fingerprint density at radius 3 is 2.85 bits per heavy atom. The zero-order valence-corrected chi connectivity index (χ0v) is 10.7. The number of rotatable bonds is 4. The second kappa shape index (κ2) is 6.60. The molecule has 2 N–H and O–H groups in total. The second-order valence-electron chi connectivity index (χ2n) is 4.56. The third-order valence-electron chi connectivity index (χ3n) is 3.08. The van der Waals surface area contributed by atoms with Gasteiger partial charge in [-0.3, -0.25) is 4.79 Å². The van der Waals surface area contributed by atoms with Gasteiger partial charge in [-0.2, -0.15) is 8.78 Å². The van der Waals surface area contributed by atoms with E-state index in [0.29, 0.717) is 6.54 Å². The predicted octanol–water partition coefficient (Wildman–Crippen LogP) is 2.37. The van der Waals surface area contributed by atoms with Gasteiger partial charge in [0.05, 0.1) is 5.92 Å². The van der Waals surface area contributed by atoms with Crippen molar-refractivity contribution in [2.75, 3.05) is 18.4 Å². The third-order valence-corrected chi connectivity index (χ3v) is 3.08. The molecule has 1 fully saturated rings. The van der Waals surface area contributed by atoms with E-state index >= 15 is 0 Å². The summed E-state index contributed by atoms with van der Waals surface area (Å²) in [6.45, 7) is -1.61. The van der Waals surface area contributed by atoms with E-state index in [1.807, 2.05) is 0 Å². The number of hydrogen-bond donors (Lipinski definition) is 2. The largest absolute Gasteiger partial charge is 0.432 e. The number of alkyl halides is 2. The molecule has 1 heterocycles. The van der Waals surface area contributed by atoms with Gasteiger partial charge in [-0.1, -0.05) is 0 Å². The molecule has 1 aliphatic heterocycles. The molecular weight excluding hydrogens is 273 g/mol. The molecule has 0 spiro atoms. The van der Waals surface area contributed by atoms with Gasteiger partial charge in [-0.25, -0.2) is 4.39 Å². The zero-order chi connectivity index (χ0) is 14.5. The minimum absolute atomic E-state index is 0.163. The van der Waals surface area contributed by atoms with Crippen LogP contribution in [0.15, 0.2) is 18.2 Å². The summed E-state index contributed by atoms with van der Waals surface area (Å²) < 4.78 is 41.4. The van der Waals surface area contributed by atoms with E-state index in [0.717, 1.165) is 31.5 Å². The Morgan fingerprint density at radius 2 is 2.25 bits per heavy atom. The Balaban J connectivity index is 1.99. The van der Waals surface area contributed by atoms with Gasteiger partial charge in [-0.15, -0.1) is 0 Å². The Bertz CT molecular complexity index is 477. The molecule has 0 aliphatic carbocycles. The van der Waals surface area contributed by atoms with Crippen LogP contribution >= 0.6 is 0 Å². The maximum Gasteiger partial charge on any atom is 0.387 e. The Kier molecular flexibility index (Phi) is 4.84. The van der Waals surface area contributed by atoms with Gasteiger partial charge in [0, 0.05) is 18.3 Å². The summed E-state index contributed by atoms with van der Waals surface area (Å²) in [4.78, 5) is 11.9. The van der Waals surface area contributed by atoms with Crippen LogP contribution in [-0.4, -0.2) is 25.6 Å². The van der Waals surface area contributed by atoms with Crippen molar-refractivity contribution in [1.82, 2.24) is 5.32 Å². The lowest BCUT2D eigenvalue weighted by atomic mass is 9.99. The number of anilines is 1. The van der Waals surface area contributed by atoms with E-state index < -0.39 is 18.2 Å². The first-order chi connectivity index (χ1) is 9.56. The van der Waals surface area contributed by atoms with Crippen molar-refractivity contribution in [2.24, 2.45) is 5.92 Å². The van der Waals surface area contributed by atoms with Crippen molar-refractivity contribution in [3.63, 3.8) is 0 Å². The number of amides is 1. The molecule has 1 saturated heterocycles. The first kappa shape index (κ1) is 14.6. The third kappa shape index (κ3) is 3.86. The van der Waals surface area contributed by atoms with Crippen LogP contribution in [0.3, 0.4) is 0 Å². The monoisotopic (exact) mass is 288 g/mol. The Morgan fingerprint density at radius 1 is 1.45 bits per heavy atom.